The van der Waals surface area contributed by atoms with Crippen molar-refractivity contribution in [2.24, 2.45) is 0 Å². The maximum Gasteiger partial charge on any atom is 0.328 e. The molecule has 1 aromatic carbocycles. The van der Waals surface area contributed by atoms with Crippen LogP contribution in [0.25, 0.3) is 0 Å². The molecule has 2 heterocycles. The molecule has 1 amide bonds. The second-order valence-electron chi connectivity index (χ2n) is 6.27. The monoisotopic (exact) mass is 356 g/mol. The molecule has 1 atom stereocenters. The van der Waals surface area contributed by atoms with Crippen LogP contribution in [-0.4, -0.2) is 52.3 Å². The highest BCUT2D eigenvalue weighted by Crippen LogP contribution is 2.12. The molecule has 0 saturated carbocycles. The minimum Gasteiger partial charge on any atom is -0.480 e. The summed E-state index contributed by atoms with van der Waals surface area (Å²) in [5, 5.41) is 9.29. The first kappa shape index (κ1) is 17.9. The first-order valence-corrected chi connectivity index (χ1v) is 8.34. The maximum absolute atomic E-state index is 12.8. The van der Waals surface area contributed by atoms with Crippen LogP contribution >= 0.6 is 0 Å². The van der Waals surface area contributed by atoms with Gasteiger partial charge in [0.25, 0.3) is 11.5 Å². The van der Waals surface area contributed by atoms with E-state index in [-0.39, 0.29) is 25.3 Å². The standard InChI is InChI=1S/C19H20N2O5/c1-13-4-2-5-14(10-13)11-20-7-3-6-15(17(20)22)18(23)21-8-9-26-12-16(21)19(24)25/h2-7,10,16H,8-9,11-12H2,1H3,(H,24,25)/t16-/m1/s1. The lowest BCUT2D eigenvalue weighted by atomic mass is 10.1. The topological polar surface area (TPSA) is 88.8 Å². The van der Waals surface area contributed by atoms with E-state index in [1.807, 2.05) is 31.2 Å². The molecular formula is C19H20N2O5. The number of aryl methyl sites for hydroxylation is 1. The molecule has 0 unspecified atom stereocenters. The molecule has 0 spiro atoms. The summed E-state index contributed by atoms with van der Waals surface area (Å²) < 4.78 is 6.60. The molecule has 7 nitrogen and oxygen atoms in total. The SMILES string of the molecule is Cc1cccc(Cn2cccc(C(=O)N3CCOC[C@@H]3C(=O)O)c2=O)c1. The summed E-state index contributed by atoms with van der Waals surface area (Å²) in [6.07, 6.45) is 1.62. The average molecular weight is 356 g/mol. The molecule has 1 aliphatic heterocycles. The van der Waals surface area contributed by atoms with Crippen LogP contribution in [0.1, 0.15) is 21.5 Å². The van der Waals surface area contributed by atoms with Crippen LogP contribution in [0, 0.1) is 6.92 Å². The first-order valence-electron chi connectivity index (χ1n) is 8.34. The number of pyridine rings is 1. The number of carbonyl (C=O) groups is 2. The van der Waals surface area contributed by atoms with Crippen molar-refractivity contribution in [1.82, 2.24) is 9.47 Å². The zero-order valence-electron chi connectivity index (χ0n) is 14.4. The van der Waals surface area contributed by atoms with Gasteiger partial charge < -0.3 is 19.3 Å². The van der Waals surface area contributed by atoms with Crippen LogP contribution in [0.2, 0.25) is 0 Å². The Hall–Kier alpha value is -2.93. The van der Waals surface area contributed by atoms with E-state index in [2.05, 4.69) is 0 Å². The van der Waals surface area contributed by atoms with Crippen LogP contribution in [-0.2, 0) is 16.1 Å². The highest BCUT2D eigenvalue weighted by molar-refractivity contribution is 5.96. The lowest BCUT2D eigenvalue weighted by Gasteiger charge is -2.32. The number of ether oxygens (including phenoxy) is 1. The van der Waals surface area contributed by atoms with Gasteiger partial charge in [-0.3, -0.25) is 9.59 Å². The van der Waals surface area contributed by atoms with E-state index in [9.17, 15) is 19.5 Å². The normalized spacial score (nSPS) is 17.1. The van der Waals surface area contributed by atoms with E-state index in [1.54, 1.807) is 12.3 Å². The van der Waals surface area contributed by atoms with Crippen molar-refractivity contribution in [2.75, 3.05) is 19.8 Å². The van der Waals surface area contributed by atoms with E-state index in [0.717, 1.165) is 11.1 Å². The molecule has 0 bridgehead atoms. The highest BCUT2D eigenvalue weighted by Gasteiger charge is 2.34. The average Bonchev–Trinajstić information content (AvgIpc) is 2.63. The van der Waals surface area contributed by atoms with Crippen LogP contribution in [0.5, 0.6) is 0 Å². The Kier molecular flexibility index (Phi) is 5.18. The first-order chi connectivity index (χ1) is 12.5. The molecule has 2 aromatic rings. The van der Waals surface area contributed by atoms with Crippen LogP contribution in [0.3, 0.4) is 0 Å². The van der Waals surface area contributed by atoms with Gasteiger partial charge in [-0.05, 0) is 24.6 Å². The molecule has 1 aromatic heterocycles. The number of hydrogen-bond donors (Lipinski definition) is 1. The highest BCUT2D eigenvalue weighted by atomic mass is 16.5. The maximum atomic E-state index is 12.8. The second kappa shape index (κ2) is 7.53. The second-order valence-corrected chi connectivity index (χ2v) is 6.27. The van der Waals surface area contributed by atoms with Crippen LogP contribution < -0.4 is 5.56 Å². The van der Waals surface area contributed by atoms with Crippen molar-refractivity contribution in [1.29, 1.82) is 0 Å². The van der Waals surface area contributed by atoms with Gasteiger partial charge in [-0.25, -0.2) is 4.79 Å². The number of benzene rings is 1. The fourth-order valence-electron chi connectivity index (χ4n) is 3.04. The quantitative estimate of drug-likeness (QED) is 0.887. The number of amides is 1. The van der Waals surface area contributed by atoms with Gasteiger partial charge in [0.15, 0.2) is 6.04 Å². The summed E-state index contributed by atoms with van der Waals surface area (Å²) >= 11 is 0. The zero-order chi connectivity index (χ0) is 18.7. The third-order valence-corrected chi connectivity index (χ3v) is 4.36. The van der Waals surface area contributed by atoms with Crippen molar-refractivity contribution >= 4 is 11.9 Å². The van der Waals surface area contributed by atoms with E-state index in [0.29, 0.717) is 6.54 Å². The summed E-state index contributed by atoms with van der Waals surface area (Å²) in [6.45, 7) is 2.62. The Balaban J connectivity index is 1.90. The molecule has 0 aliphatic carbocycles. The van der Waals surface area contributed by atoms with E-state index in [4.69, 9.17) is 4.74 Å². The summed E-state index contributed by atoms with van der Waals surface area (Å²) in [6, 6.07) is 9.75. The predicted molar refractivity (Wildman–Crippen MR) is 94.3 cm³/mol. The van der Waals surface area contributed by atoms with Crippen LogP contribution in [0.4, 0.5) is 0 Å². The summed E-state index contributed by atoms with van der Waals surface area (Å²) in [5.41, 5.74) is 1.56. The number of carboxylic acid groups (broad SMARTS) is 1. The van der Waals surface area contributed by atoms with Gasteiger partial charge in [0.05, 0.1) is 19.8 Å². The minimum atomic E-state index is -1.14. The van der Waals surface area contributed by atoms with Gasteiger partial charge in [-0.15, -0.1) is 0 Å². The molecule has 1 fully saturated rings. The molecule has 7 heteroatoms. The van der Waals surface area contributed by atoms with Gasteiger partial charge in [0.1, 0.15) is 5.56 Å². The molecule has 3 rings (SSSR count). The molecule has 26 heavy (non-hydrogen) atoms. The predicted octanol–water partition coefficient (Wildman–Crippen LogP) is 1.13. The Morgan fingerprint density at radius 3 is 2.81 bits per heavy atom. The van der Waals surface area contributed by atoms with E-state index < -0.39 is 23.5 Å². The number of aromatic nitrogens is 1. The summed E-state index contributed by atoms with van der Waals surface area (Å²) in [5.74, 6) is -1.72. The van der Waals surface area contributed by atoms with Crippen LogP contribution in [0.15, 0.2) is 47.4 Å². The number of rotatable bonds is 4. The van der Waals surface area contributed by atoms with Gasteiger partial charge in [-0.2, -0.15) is 0 Å². The number of nitrogens with zero attached hydrogens (tertiary/aromatic N) is 2. The Morgan fingerprint density at radius 1 is 1.27 bits per heavy atom. The Morgan fingerprint density at radius 2 is 2.08 bits per heavy atom. The number of carboxylic acids is 1. The molecule has 0 radical (unpaired) electrons. The third kappa shape index (κ3) is 3.67. The molecule has 136 valence electrons. The third-order valence-electron chi connectivity index (χ3n) is 4.36. The van der Waals surface area contributed by atoms with Gasteiger partial charge >= 0.3 is 5.97 Å². The van der Waals surface area contributed by atoms with Gasteiger partial charge in [0.2, 0.25) is 0 Å². The van der Waals surface area contributed by atoms with Crippen molar-refractivity contribution in [3.8, 4) is 0 Å². The molecule has 1 N–H and O–H groups in total. The summed E-state index contributed by atoms with van der Waals surface area (Å²) in [7, 11) is 0. The zero-order valence-corrected chi connectivity index (χ0v) is 14.4. The summed E-state index contributed by atoms with van der Waals surface area (Å²) in [4.78, 5) is 38.1. The van der Waals surface area contributed by atoms with Gasteiger partial charge in [-0.1, -0.05) is 29.8 Å². The number of aliphatic carboxylic acids is 1. The van der Waals surface area contributed by atoms with Crippen molar-refractivity contribution in [3.63, 3.8) is 0 Å². The lowest BCUT2D eigenvalue weighted by molar-refractivity contribution is -0.147. The van der Waals surface area contributed by atoms with E-state index in [1.165, 1.54) is 15.5 Å². The Bertz CT molecular complexity index is 889. The van der Waals surface area contributed by atoms with Crippen molar-refractivity contribution in [2.45, 2.75) is 19.5 Å². The lowest BCUT2D eigenvalue weighted by Crippen LogP contribution is -2.53. The Labute approximate surface area is 150 Å². The molecule has 1 aliphatic rings. The fourth-order valence-corrected chi connectivity index (χ4v) is 3.04. The minimum absolute atomic E-state index is 0.0340. The fraction of sp³-hybridized carbons (Fsp3) is 0.316. The van der Waals surface area contributed by atoms with Crippen molar-refractivity contribution in [3.05, 3.63) is 69.6 Å². The number of carbonyl (C=O) groups excluding carboxylic acids is 1. The smallest absolute Gasteiger partial charge is 0.328 e. The molecular weight excluding hydrogens is 336 g/mol. The van der Waals surface area contributed by atoms with E-state index >= 15 is 0 Å². The molecule has 1 saturated heterocycles. The number of morpholine rings is 1. The largest absolute Gasteiger partial charge is 0.480 e. The number of hydrogen-bond acceptors (Lipinski definition) is 4. The van der Waals surface area contributed by atoms with Crippen molar-refractivity contribution < 1.29 is 19.4 Å². The van der Waals surface area contributed by atoms with Gasteiger partial charge in [0, 0.05) is 12.7 Å².